The Morgan fingerprint density at radius 1 is 1.29 bits per heavy atom. The topological polar surface area (TPSA) is 61.4 Å². The van der Waals surface area contributed by atoms with Crippen molar-refractivity contribution in [2.75, 3.05) is 23.4 Å². The number of benzene rings is 2. The lowest BCUT2D eigenvalue weighted by atomic mass is 10.1. The van der Waals surface area contributed by atoms with Crippen molar-refractivity contribution in [1.29, 1.82) is 0 Å². The number of phenols is 1. The number of anilines is 1. The van der Waals surface area contributed by atoms with Gasteiger partial charge in [-0.2, -0.15) is 11.8 Å². The number of hydrogen-bond donors (Lipinski definition) is 3. The van der Waals surface area contributed by atoms with Crippen molar-refractivity contribution < 1.29 is 9.90 Å². The van der Waals surface area contributed by atoms with Crippen LogP contribution in [0.1, 0.15) is 6.42 Å². The van der Waals surface area contributed by atoms with Gasteiger partial charge in [-0.05, 0) is 12.1 Å². The third-order valence-electron chi connectivity index (χ3n) is 3.60. The average Bonchev–Trinajstić information content (AvgIpc) is 2.49. The van der Waals surface area contributed by atoms with Crippen LogP contribution in [0.25, 0.3) is 10.8 Å². The molecule has 0 aromatic heterocycles. The van der Waals surface area contributed by atoms with Gasteiger partial charge in [0.25, 0.3) is 0 Å². The van der Waals surface area contributed by atoms with Crippen molar-refractivity contribution in [3.8, 4) is 5.75 Å². The summed E-state index contributed by atoms with van der Waals surface area (Å²) in [5, 5.41) is 17.8. The summed E-state index contributed by atoms with van der Waals surface area (Å²) in [6, 6.07) is 11.1. The molecule has 1 saturated heterocycles. The van der Waals surface area contributed by atoms with Crippen LogP contribution in [0.2, 0.25) is 0 Å². The number of nitrogens with one attached hydrogen (secondary N) is 2. The summed E-state index contributed by atoms with van der Waals surface area (Å²) in [6.07, 6.45) is 0.474. The van der Waals surface area contributed by atoms with Gasteiger partial charge in [0.05, 0.1) is 0 Å². The molecular weight excluding hydrogens is 284 g/mol. The van der Waals surface area contributed by atoms with Crippen molar-refractivity contribution in [1.82, 2.24) is 5.32 Å². The van der Waals surface area contributed by atoms with Crippen molar-refractivity contribution in [3.63, 3.8) is 0 Å². The average molecular weight is 302 g/mol. The quantitative estimate of drug-likeness (QED) is 0.815. The Balaban J connectivity index is 1.75. The maximum atomic E-state index is 12.2. The normalized spacial score (nSPS) is 18.6. The first-order chi connectivity index (χ1) is 10.2. The van der Waals surface area contributed by atoms with E-state index in [1.54, 1.807) is 12.1 Å². The van der Waals surface area contributed by atoms with Crippen LogP contribution in [0.15, 0.2) is 36.4 Å². The third kappa shape index (κ3) is 3.31. The molecule has 3 N–H and O–H groups in total. The van der Waals surface area contributed by atoms with Crippen LogP contribution >= 0.6 is 11.8 Å². The maximum Gasteiger partial charge on any atom is 0.225 e. The summed E-state index contributed by atoms with van der Waals surface area (Å²) < 4.78 is 0. The SMILES string of the molecule is O=C(CC1CSCCN1)Nc1cccc2c(O)cccc12. The van der Waals surface area contributed by atoms with E-state index in [4.69, 9.17) is 0 Å². The van der Waals surface area contributed by atoms with Gasteiger partial charge in [-0.1, -0.05) is 24.3 Å². The Bertz CT molecular complexity index is 654. The van der Waals surface area contributed by atoms with E-state index in [1.165, 1.54) is 0 Å². The lowest BCUT2D eigenvalue weighted by molar-refractivity contribution is -0.116. The number of carbonyl (C=O) groups excluding carboxylic acids is 1. The molecule has 1 aliphatic heterocycles. The zero-order chi connectivity index (χ0) is 14.7. The molecule has 1 unspecified atom stereocenters. The smallest absolute Gasteiger partial charge is 0.225 e. The van der Waals surface area contributed by atoms with Crippen molar-refractivity contribution >= 4 is 34.1 Å². The lowest BCUT2D eigenvalue weighted by Gasteiger charge is -2.22. The van der Waals surface area contributed by atoms with Crippen LogP contribution in [0.3, 0.4) is 0 Å². The van der Waals surface area contributed by atoms with Crippen molar-refractivity contribution in [3.05, 3.63) is 36.4 Å². The predicted octanol–water partition coefficient (Wildman–Crippen LogP) is 2.58. The number of aromatic hydroxyl groups is 1. The first-order valence-electron chi connectivity index (χ1n) is 7.06. The van der Waals surface area contributed by atoms with Gasteiger partial charge in [0.1, 0.15) is 5.75 Å². The number of amides is 1. The molecule has 0 spiro atoms. The molecule has 110 valence electrons. The zero-order valence-corrected chi connectivity index (χ0v) is 12.5. The fourth-order valence-electron chi connectivity index (χ4n) is 2.58. The largest absolute Gasteiger partial charge is 0.507 e. The van der Waals surface area contributed by atoms with E-state index in [2.05, 4.69) is 10.6 Å². The van der Waals surface area contributed by atoms with Gasteiger partial charge in [-0.3, -0.25) is 4.79 Å². The van der Waals surface area contributed by atoms with Crippen LogP contribution in [0.4, 0.5) is 5.69 Å². The van der Waals surface area contributed by atoms with E-state index in [-0.39, 0.29) is 17.7 Å². The highest BCUT2D eigenvalue weighted by molar-refractivity contribution is 7.99. The van der Waals surface area contributed by atoms with E-state index in [0.29, 0.717) is 6.42 Å². The summed E-state index contributed by atoms with van der Waals surface area (Å²) in [5.41, 5.74) is 0.747. The van der Waals surface area contributed by atoms with E-state index < -0.39 is 0 Å². The van der Waals surface area contributed by atoms with Crippen molar-refractivity contribution in [2.45, 2.75) is 12.5 Å². The van der Waals surface area contributed by atoms with Crippen LogP contribution in [0.5, 0.6) is 5.75 Å². The minimum atomic E-state index is 0.00541. The number of fused-ring (bicyclic) bond motifs is 1. The molecule has 1 heterocycles. The van der Waals surface area contributed by atoms with Crippen molar-refractivity contribution in [2.24, 2.45) is 0 Å². The fraction of sp³-hybridized carbons (Fsp3) is 0.312. The van der Waals surface area contributed by atoms with Crippen LogP contribution in [-0.4, -0.2) is 35.1 Å². The molecule has 1 atom stereocenters. The Kier molecular flexibility index (Phi) is 4.31. The number of thioether (sulfide) groups is 1. The Labute approximate surface area is 127 Å². The van der Waals surface area contributed by atoms with E-state index in [1.807, 2.05) is 36.0 Å². The monoisotopic (exact) mass is 302 g/mol. The zero-order valence-electron chi connectivity index (χ0n) is 11.6. The van der Waals surface area contributed by atoms with E-state index in [0.717, 1.165) is 34.5 Å². The summed E-state index contributed by atoms with van der Waals surface area (Å²) in [5.74, 6) is 2.32. The molecule has 1 amide bonds. The molecule has 3 rings (SSSR count). The van der Waals surface area contributed by atoms with Gasteiger partial charge < -0.3 is 15.7 Å². The van der Waals surface area contributed by atoms with E-state index >= 15 is 0 Å². The van der Waals surface area contributed by atoms with Crippen LogP contribution < -0.4 is 10.6 Å². The molecule has 0 bridgehead atoms. The Hall–Kier alpha value is -1.72. The second-order valence-corrected chi connectivity index (χ2v) is 6.31. The summed E-state index contributed by atoms with van der Waals surface area (Å²) in [6.45, 7) is 0.963. The summed E-state index contributed by atoms with van der Waals surface area (Å²) in [4.78, 5) is 12.2. The highest BCUT2D eigenvalue weighted by Crippen LogP contribution is 2.29. The molecule has 0 aliphatic carbocycles. The summed E-state index contributed by atoms with van der Waals surface area (Å²) >= 11 is 1.88. The van der Waals surface area contributed by atoms with Crippen LogP contribution in [0, 0.1) is 0 Å². The summed E-state index contributed by atoms with van der Waals surface area (Å²) in [7, 11) is 0. The molecule has 1 aliphatic rings. The van der Waals surface area contributed by atoms with Gasteiger partial charge in [-0.25, -0.2) is 0 Å². The second-order valence-electron chi connectivity index (χ2n) is 5.16. The van der Waals surface area contributed by atoms with E-state index in [9.17, 15) is 9.90 Å². The predicted molar refractivity (Wildman–Crippen MR) is 88.0 cm³/mol. The molecule has 1 fully saturated rings. The molecule has 21 heavy (non-hydrogen) atoms. The molecule has 2 aromatic carbocycles. The first kappa shape index (κ1) is 14.2. The molecule has 0 radical (unpaired) electrons. The molecule has 5 heteroatoms. The number of rotatable bonds is 3. The lowest BCUT2D eigenvalue weighted by Crippen LogP contribution is -2.39. The Morgan fingerprint density at radius 2 is 2.10 bits per heavy atom. The number of phenolic OH excluding ortho intramolecular Hbond substituents is 1. The highest BCUT2D eigenvalue weighted by Gasteiger charge is 2.17. The molecule has 4 nitrogen and oxygen atoms in total. The molecule has 2 aromatic rings. The highest BCUT2D eigenvalue weighted by atomic mass is 32.2. The third-order valence-corrected chi connectivity index (χ3v) is 4.73. The van der Waals surface area contributed by atoms with Gasteiger partial charge >= 0.3 is 0 Å². The van der Waals surface area contributed by atoms with Gasteiger partial charge in [0.15, 0.2) is 0 Å². The molecular formula is C16H18N2O2S. The number of carbonyl (C=O) groups is 1. The minimum Gasteiger partial charge on any atom is -0.507 e. The van der Waals surface area contributed by atoms with Gasteiger partial charge in [-0.15, -0.1) is 0 Å². The Morgan fingerprint density at radius 3 is 2.90 bits per heavy atom. The van der Waals surface area contributed by atoms with Crippen LogP contribution in [-0.2, 0) is 4.79 Å². The fourth-order valence-corrected chi connectivity index (χ4v) is 3.53. The molecule has 0 saturated carbocycles. The van der Waals surface area contributed by atoms with Gasteiger partial charge in [0, 0.05) is 47.0 Å². The minimum absolute atomic E-state index is 0.00541. The second kappa shape index (κ2) is 6.37. The number of hydrogen-bond acceptors (Lipinski definition) is 4. The van der Waals surface area contributed by atoms with Gasteiger partial charge in [0.2, 0.25) is 5.91 Å². The first-order valence-corrected chi connectivity index (χ1v) is 8.21. The maximum absolute atomic E-state index is 12.2. The standard InChI is InChI=1S/C16H18N2O2S/c19-15-6-2-3-12-13(15)4-1-5-14(12)18-16(20)9-11-10-21-8-7-17-11/h1-6,11,17,19H,7-10H2,(H,18,20).